The largest absolute Gasteiger partial charge is 0.350 e. The molecule has 2 N–H and O–H groups in total. The van der Waals surface area contributed by atoms with Crippen LogP contribution in [0.3, 0.4) is 0 Å². The Morgan fingerprint density at radius 3 is 2.32 bits per heavy atom. The summed E-state index contributed by atoms with van der Waals surface area (Å²) < 4.78 is 0. The van der Waals surface area contributed by atoms with Crippen molar-refractivity contribution in [2.24, 2.45) is 0 Å². The fourth-order valence-corrected chi connectivity index (χ4v) is 3.56. The van der Waals surface area contributed by atoms with Gasteiger partial charge in [-0.15, -0.1) is 11.3 Å². The molecule has 1 atom stereocenters. The maximum Gasteiger partial charge on any atom is 0.265 e. The number of amides is 2. The summed E-state index contributed by atoms with van der Waals surface area (Å²) in [5.74, 6) is -0.435. The molecular weight excluding hydrogens is 370 g/mol. The average molecular weight is 394 g/mol. The fourth-order valence-electron chi connectivity index (χ4n) is 2.94. The van der Waals surface area contributed by atoms with Crippen molar-refractivity contribution >= 4 is 28.8 Å². The number of likely N-dealkylation sites (N-methyl/N-ethyl adjacent to an activating group) is 1. The Bertz CT molecular complexity index is 924. The van der Waals surface area contributed by atoms with Gasteiger partial charge >= 0.3 is 0 Å². The Kier molecular flexibility index (Phi) is 6.57. The number of anilines is 1. The molecule has 3 aromatic rings. The van der Waals surface area contributed by atoms with Crippen LogP contribution >= 0.6 is 11.3 Å². The van der Waals surface area contributed by atoms with Crippen molar-refractivity contribution in [3.8, 4) is 0 Å². The van der Waals surface area contributed by atoms with Crippen molar-refractivity contribution in [2.45, 2.75) is 6.04 Å². The Balaban J connectivity index is 1.71. The van der Waals surface area contributed by atoms with Gasteiger partial charge < -0.3 is 15.5 Å². The highest BCUT2D eigenvalue weighted by atomic mass is 32.1. The number of carbonyl (C=O) groups excluding carboxylic acids is 2. The van der Waals surface area contributed by atoms with Crippen molar-refractivity contribution in [3.05, 3.63) is 88.1 Å². The first-order chi connectivity index (χ1) is 13.6. The van der Waals surface area contributed by atoms with E-state index in [0.29, 0.717) is 22.7 Å². The van der Waals surface area contributed by atoms with E-state index in [-0.39, 0.29) is 17.9 Å². The van der Waals surface area contributed by atoms with Crippen LogP contribution in [0.2, 0.25) is 0 Å². The van der Waals surface area contributed by atoms with Crippen LogP contribution in [0.5, 0.6) is 0 Å². The molecule has 0 saturated heterocycles. The molecule has 1 heterocycles. The van der Waals surface area contributed by atoms with Gasteiger partial charge in [-0.1, -0.05) is 48.5 Å². The van der Waals surface area contributed by atoms with Crippen LogP contribution < -0.4 is 10.6 Å². The number of thiophene rings is 1. The standard InChI is InChI=1S/C22H23N3O2S/c1-25(2)19(16-9-4-3-5-10-16)15-23-21(26)17-11-6-7-12-18(17)24-22(27)20-13-8-14-28-20/h3-14,19H,15H2,1-2H3,(H,23,26)(H,24,27). The van der Waals surface area contributed by atoms with Crippen LogP contribution in [0.15, 0.2) is 72.1 Å². The van der Waals surface area contributed by atoms with Gasteiger partial charge in [0.2, 0.25) is 0 Å². The third kappa shape index (κ3) is 4.85. The number of benzene rings is 2. The minimum absolute atomic E-state index is 0.0537. The minimum Gasteiger partial charge on any atom is -0.350 e. The van der Waals surface area contributed by atoms with Crippen LogP contribution in [0.1, 0.15) is 31.6 Å². The van der Waals surface area contributed by atoms with E-state index in [1.807, 2.05) is 55.9 Å². The van der Waals surface area contributed by atoms with E-state index in [1.165, 1.54) is 11.3 Å². The highest BCUT2D eigenvalue weighted by Gasteiger charge is 2.18. The summed E-state index contributed by atoms with van der Waals surface area (Å²) in [5, 5.41) is 7.68. The molecule has 28 heavy (non-hydrogen) atoms. The summed E-state index contributed by atoms with van der Waals surface area (Å²) in [7, 11) is 3.97. The van der Waals surface area contributed by atoms with E-state index in [2.05, 4.69) is 15.5 Å². The molecule has 0 radical (unpaired) electrons. The minimum atomic E-state index is -0.218. The third-order valence-electron chi connectivity index (χ3n) is 4.43. The number of hydrogen-bond acceptors (Lipinski definition) is 4. The highest BCUT2D eigenvalue weighted by molar-refractivity contribution is 7.12. The highest BCUT2D eigenvalue weighted by Crippen LogP contribution is 2.20. The van der Waals surface area contributed by atoms with E-state index in [0.717, 1.165) is 5.56 Å². The summed E-state index contributed by atoms with van der Waals surface area (Å²) >= 11 is 1.36. The van der Waals surface area contributed by atoms with Crippen LogP contribution in [0.4, 0.5) is 5.69 Å². The van der Waals surface area contributed by atoms with E-state index >= 15 is 0 Å². The van der Waals surface area contributed by atoms with Crippen molar-refractivity contribution < 1.29 is 9.59 Å². The molecule has 2 aromatic carbocycles. The molecule has 0 spiro atoms. The maximum atomic E-state index is 12.8. The lowest BCUT2D eigenvalue weighted by atomic mass is 10.1. The van der Waals surface area contributed by atoms with Crippen molar-refractivity contribution in [3.63, 3.8) is 0 Å². The number of nitrogens with zero attached hydrogens (tertiary/aromatic N) is 1. The molecular formula is C22H23N3O2S. The zero-order valence-corrected chi connectivity index (χ0v) is 16.7. The topological polar surface area (TPSA) is 61.4 Å². The van der Waals surface area contributed by atoms with E-state index in [1.54, 1.807) is 30.3 Å². The summed E-state index contributed by atoms with van der Waals surface area (Å²) in [4.78, 5) is 27.8. The second-order valence-corrected chi connectivity index (χ2v) is 7.52. The van der Waals surface area contributed by atoms with Crippen molar-refractivity contribution in [1.82, 2.24) is 10.2 Å². The molecule has 2 amide bonds. The van der Waals surface area contributed by atoms with Crippen molar-refractivity contribution in [1.29, 1.82) is 0 Å². The molecule has 3 rings (SSSR count). The smallest absolute Gasteiger partial charge is 0.265 e. The molecule has 1 unspecified atom stereocenters. The van der Waals surface area contributed by atoms with E-state index in [9.17, 15) is 9.59 Å². The van der Waals surface area contributed by atoms with Crippen molar-refractivity contribution in [2.75, 3.05) is 26.0 Å². The maximum absolute atomic E-state index is 12.8. The number of para-hydroxylation sites is 1. The summed E-state index contributed by atoms with van der Waals surface area (Å²) in [6.45, 7) is 0.461. The monoisotopic (exact) mass is 393 g/mol. The van der Waals surface area contributed by atoms with Gasteiger partial charge in [0, 0.05) is 6.54 Å². The van der Waals surface area contributed by atoms with Gasteiger partial charge in [-0.2, -0.15) is 0 Å². The lowest BCUT2D eigenvalue weighted by Crippen LogP contribution is -2.35. The van der Waals surface area contributed by atoms with E-state index < -0.39 is 0 Å². The molecule has 0 bridgehead atoms. The second-order valence-electron chi connectivity index (χ2n) is 6.58. The SMILES string of the molecule is CN(C)C(CNC(=O)c1ccccc1NC(=O)c1cccs1)c1ccccc1. The van der Waals surface area contributed by atoms with Gasteiger partial charge in [0.05, 0.1) is 22.2 Å². The van der Waals surface area contributed by atoms with Gasteiger partial charge in [-0.25, -0.2) is 0 Å². The van der Waals surface area contributed by atoms with Crippen LogP contribution in [-0.2, 0) is 0 Å². The third-order valence-corrected chi connectivity index (χ3v) is 5.30. The summed E-state index contributed by atoms with van der Waals surface area (Å²) in [6, 6.07) is 20.7. The molecule has 6 heteroatoms. The first kappa shape index (κ1) is 19.8. The molecule has 0 aliphatic rings. The van der Waals surface area contributed by atoms with Gasteiger partial charge in [0.1, 0.15) is 0 Å². The first-order valence-electron chi connectivity index (χ1n) is 8.99. The lowest BCUT2D eigenvalue weighted by Gasteiger charge is -2.25. The number of hydrogen-bond donors (Lipinski definition) is 2. The zero-order valence-electron chi connectivity index (χ0n) is 15.9. The van der Waals surface area contributed by atoms with E-state index in [4.69, 9.17) is 0 Å². The Morgan fingerprint density at radius 1 is 0.929 bits per heavy atom. The zero-order chi connectivity index (χ0) is 19.9. The molecule has 5 nitrogen and oxygen atoms in total. The van der Waals surface area contributed by atoms with Crippen LogP contribution in [-0.4, -0.2) is 37.4 Å². The number of rotatable bonds is 7. The average Bonchev–Trinajstić information content (AvgIpc) is 3.24. The predicted molar refractivity (Wildman–Crippen MR) is 114 cm³/mol. The molecule has 144 valence electrons. The summed E-state index contributed by atoms with van der Waals surface area (Å²) in [6.07, 6.45) is 0. The fraction of sp³-hybridized carbons (Fsp3) is 0.182. The Hall–Kier alpha value is -2.96. The van der Waals surface area contributed by atoms with Gasteiger partial charge in [0.25, 0.3) is 11.8 Å². The number of nitrogens with one attached hydrogen (secondary N) is 2. The predicted octanol–water partition coefficient (Wildman–Crippen LogP) is 4.03. The molecule has 0 aliphatic heterocycles. The van der Waals surface area contributed by atoms with Gasteiger partial charge in [0.15, 0.2) is 0 Å². The second kappa shape index (κ2) is 9.30. The lowest BCUT2D eigenvalue weighted by molar-refractivity contribution is 0.0943. The quantitative estimate of drug-likeness (QED) is 0.637. The van der Waals surface area contributed by atoms with Gasteiger partial charge in [-0.3, -0.25) is 9.59 Å². The number of carbonyl (C=O) groups is 2. The first-order valence-corrected chi connectivity index (χ1v) is 9.87. The Labute approximate surface area is 169 Å². The molecule has 0 saturated carbocycles. The molecule has 1 aromatic heterocycles. The van der Waals surface area contributed by atoms with Gasteiger partial charge in [-0.05, 0) is 43.2 Å². The normalized spacial score (nSPS) is 11.8. The Morgan fingerprint density at radius 2 is 1.64 bits per heavy atom. The summed E-state index contributed by atoms with van der Waals surface area (Å²) in [5.41, 5.74) is 2.07. The molecule has 0 aliphatic carbocycles. The van der Waals surface area contributed by atoms with Crippen LogP contribution in [0.25, 0.3) is 0 Å². The molecule has 0 fully saturated rings. The van der Waals surface area contributed by atoms with Crippen LogP contribution in [0, 0.1) is 0 Å².